The summed E-state index contributed by atoms with van der Waals surface area (Å²) < 4.78 is 0. The van der Waals surface area contributed by atoms with E-state index in [1.54, 1.807) is 25.2 Å². The highest BCUT2D eigenvalue weighted by atomic mass is 35.5. The van der Waals surface area contributed by atoms with Crippen LogP contribution >= 0.6 is 23.2 Å². The van der Waals surface area contributed by atoms with Gasteiger partial charge < -0.3 is 10.0 Å². The number of aliphatic carboxylic acids is 1. The van der Waals surface area contributed by atoms with Crippen LogP contribution in [0.2, 0.25) is 10.0 Å². The van der Waals surface area contributed by atoms with Crippen molar-refractivity contribution in [3.05, 3.63) is 28.2 Å². The zero-order valence-electron chi connectivity index (χ0n) is 7.50. The SMILES string of the molecule is CN(CC(=O)O)c1c(Cl)cccc1Cl. The number of halogens is 2. The van der Waals surface area contributed by atoms with Gasteiger partial charge in [0.05, 0.1) is 15.7 Å². The Bertz CT molecular complexity index is 334. The number of carboxylic acid groups (broad SMARTS) is 1. The van der Waals surface area contributed by atoms with Gasteiger partial charge in [-0.25, -0.2) is 0 Å². The molecule has 0 aliphatic heterocycles. The van der Waals surface area contributed by atoms with Gasteiger partial charge in [0.25, 0.3) is 0 Å². The molecule has 1 rings (SSSR count). The van der Waals surface area contributed by atoms with E-state index in [0.717, 1.165) is 0 Å². The van der Waals surface area contributed by atoms with Crippen LogP contribution in [0, 0.1) is 0 Å². The summed E-state index contributed by atoms with van der Waals surface area (Å²) in [5, 5.41) is 9.49. The van der Waals surface area contributed by atoms with Crippen LogP contribution in [-0.2, 0) is 4.79 Å². The first-order chi connectivity index (χ1) is 6.52. The van der Waals surface area contributed by atoms with Crippen LogP contribution < -0.4 is 4.90 Å². The maximum Gasteiger partial charge on any atom is 0.323 e. The van der Waals surface area contributed by atoms with E-state index in [1.165, 1.54) is 4.90 Å². The van der Waals surface area contributed by atoms with Crippen molar-refractivity contribution in [2.75, 3.05) is 18.5 Å². The molecule has 0 atom stereocenters. The van der Waals surface area contributed by atoms with Crippen molar-refractivity contribution in [2.45, 2.75) is 0 Å². The third kappa shape index (κ3) is 2.53. The van der Waals surface area contributed by atoms with Crippen LogP contribution in [0.4, 0.5) is 5.69 Å². The second kappa shape index (κ2) is 4.53. The number of hydrogen-bond donors (Lipinski definition) is 1. The number of anilines is 1. The van der Waals surface area contributed by atoms with Gasteiger partial charge in [0.15, 0.2) is 0 Å². The maximum atomic E-state index is 10.5. The van der Waals surface area contributed by atoms with Gasteiger partial charge in [-0.3, -0.25) is 4.79 Å². The quantitative estimate of drug-likeness (QED) is 0.873. The number of benzene rings is 1. The lowest BCUT2D eigenvalue weighted by Gasteiger charge is -2.19. The van der Waals surface area contributed by atoms with E-state index in [-0.39, 0.29) is 6.54 Å². The zero-order valence-corrected chi connectivity index (χ0v) is 9.01. The van der Waals surface area contributed by atoms with E-state index in [4.69, 9.17) is 28.3 Å². The summed E-state index contributed by atoms with van der Waals surface area (Å²) in [6, 6.07) is 5.05. The molecule has 1 aromatic carbocycles. The van der Waals surface area contributed by atoms with Gasteiger partial charge in [-0.05, 0) is 12.1 Å². The summed E-state index contributed by atoms with van der Waals surface area (Å²) in [4.78, 5) is 12.0. The molecule has 0 spiro atoms. The minimum absolute atomic E-state index is 0.135. The standard InChI is InChI=1S/C9H9Cl2NO2/c1-12(5-8(13)14)9-6(10)3-2-4-7(9)11/h2-4H,5H2,1H3,(H,13,14). The first-order valence-corrected chi connectivity index (χ1v) is 4.65. The number of carbonyl (C=O) groups is 1. The largest absolute Gasteiger partial charge is 0.480 e. The molecule has 0 unspecified atom stereocenters. The molecule has 0 bridgehead atoms. The number of carboxylic acids is 1. The molecule has 0 aliphatic rings. The lowest BCUT2D eigenvalue weighted by molar-refractivity contribution is -0.135. The van der Waals surface area contributed by atoms with E-state index < -0.39 is 5.97 Å². The summed E-state index contributed by atoms with van der Waals surface area (Å²) in [6.45, 7) is -0.135. The van der Waals surface area contributed by atoms with Crippen LogP contribution in [0.15, 0.2) is 18.2 Å². The molecule has 0 aliphatic carbocycles. The van der Waals surface area contributed by atoms with Gasteiger partial charge in [0.2, 0.25) is 0 Å². The molecule has 3 nitrogen and oxygen atoms in total. The Morgan fingerprint density at radius 2 is 1.93 bits per heavy atom. The lowest BCUT2D eigenvalue weighted by atomic mass is 10.3. The summed E-state index contributed by atoms with van der Waals surface area (Å²) in [5.41, 5.74) is 0.540. The summed E-state index contributed by atoms with van der Waals surface area (Å²) in [7, 11) is 1.63. The molecular formula is C9H9Cl2NO2. The van der Waals surface area contributed by atoms with Gasteiger partial charge in [0.1, 0.15) is 6.54 Å². The second-order valence-electron chi connectivity index (χ2n) is 2.82. The monoisotopic (exact) mass is 233 g/mol. The van der Waals surface area contributed by atoms with Crippen LogP contribution in [0.3, 0.4) is 0 Å². The van der Waals surface area contributed by atoms with Gasteiger partial charge in [-0.15, -0.1) is 0 Å². The number of hydrogen-bond acceptors (Lipinski definition) is 2. The van der Waals surface area contributed by atoms with Crippen molar-refractivity contribution >= 4 is 34.9 Å². The Kier molecular flexibility index (Phi) is 3.61. The first-order valence-electron chi connectivity index (χ1n) is 3.89. The predicted octanol–water partition coefficient (Wildman–Crippen LogP) is 2.51. The predicted molar refractivity (Wildman–Crippen MR) is 57.4 cm³/mol. The highest BCUT2D eigenvalue weighted by Crippen LogP contribution is 2.32. The molecule has 0 aromatic heterocycles. The molecule has 1 N–H and O–H groups in total. The normalized spacial score (nSPS) is 9.93. The molecule has 0 saturated heterocycles. The minimum Gasteiger partial charge on any atom is -0.480 e. The van der Waals surface area contributed by atoms with Crippen molar-refractivity contribution in [3.63, 3.8) is 0 Å². The summed E-state index contributed by atoms with van der Waals surface area (Å²) >= 11 is 11.8. The molecule has 0 heterocycles. The lowest BCUT2D eigenvalue weighted by Crippen LogP contribution is -2.25. The maximum absolute atomic E-state index is 10.5. The fraction of sp³-hybridized carbons (Fsp3) is 0.222. The van der Waals surface area contributed by atoms with E-state index in [9.17, 15) is 4.79 Å². The van der Waals surface area contributed by atoms with Crippen molar-refractivity contribution in [3.8, 4) is 0 Å². The Labute approximate surface area is 91.8 Å². The zero-order chi connectivity index (χ0) is 10.7. The highest BCUT2D eigenvalue weighted by molar-refractivity contribution is 6.39. The second-order valence-corrected chi connectivity index (χ2v) is 3.63. The molecular weight excluding hydrogens is 225 g/mol. The Morgan fingerprint density at radius 1 is 1.43 bits per heavy atom. The first kappa shape index (κ1) is 11.1. The number of likely N-dealkylation sites (N-methyl/N-ethyl adjacent to an activating group) is 1. The summed E-state index contributed by atoms with van der Waals surface area (Å²) in [6.07, 6.45) is 0. The average molecular weight is 234 g/mol. The van der Waals surface area contributed by atoms with E-state index in [1.807, 2.05) is 0 Å². The molecule has 5 heteroatoms. The van der Waals surface area contributed by atoms with Crippen LogP contribution in [0.25, 0.3) is 0 Å². The van der Waals surface area contributed by atoms with E-state index in [0.29, 0.717) is 15.7 Å². The van der Waals surface area contributed by atoms with Crippen molar-refractivity contribution in [2.24, 2.45) is 0 Å². The van der Waals surface area contributed by atoms with Gasteiger partial charge in [-0.2, -0.15) is 0 Å². The average Bonchev–Trinajstić information content (AvgIpc) is 2.01. The number of nitrogens with zero attached hydrogens (tertiary/aromatic N) is 1. The van der Waals surface area contributed by atoms with Crippen LogP contribution in [0.5, 0.6) is 0 Å². The minimum atomic E-state index is -0.927. The Morgan fingerprint density at radius 3 is 2.36 bits per heavy atom. The van der Waals surface area contributed by atoms with Crippen LogP contribution in [0.1, 0.15) is 0 Å². The molecule has 1 aromatic rings. The van der Waals surface area contributed by atoms with E-state index in [2.05, 4.69) is 0 Å². The Hall–Kier alpha value is -0.930. The third-order valence-electron chi connectivity index (χ3n) is 1.69. The van der Waals surface area contributed by atoms with Crippen molar-refractivity contribution in [1.29, 1.82) is 0 Å². The molecule has 0 fully saturated rings. The van der Waals surface area contributed by atoms with Gasteiger partial charge >= 0.3 is 5.97 Å². The number of rotatable bonds is 3. The van der Waals surface area contributed by atoms with Crippen molar-refractivity contribution < 1.29 is 9.90 Å². The highest BCUT2D eigenvalue weighted by Gasteiger charge is 2.12. The van der Waals surface area contributed by atoms with Gasteiger partial charge in [0, 0.05) is 7.05 Å². The van der Waals surface area contributed by atoms with Crippen molar-refractivity contribution in [1.82, 2.24) is 0 Å². The topological polar surface area (TPSA) is 40.5 Å². The Balaban J connectivity index is 2.99. The molecule has 14 heavy (non-hydrogen) atoms. The smallest absolute Gasteiger partial charge is 0.323 e. The molecule has 0 radical (unpaired) electrons. The fourth-order valence-corrected chi connectivity index (χ4v) is 1.82. The summed E-state index contributed by atoms with van der Waals surface area (Å²) in [5.74, 6) is -0.927. The van der Waals surface area contributed by atoms with Gasteiger partial charge in [-0.1, -0.05) is 29.3 Å². The van der Waals surface area contributed by atoms with E-state index >= 15 is 0 Å². The number of para-hydroxylation sites is 1. The van der Waals surface area contributed by atoms with Crippen LogP contribution in [-0.4, -0.2) is 24.7 Å². The fourth-order valence-electron chi connectivity index (χ4n) is 1.14. The molecule has 0 amide bonds. The third-order valence-corrected chi connectivity index (χ3v) is 2.30. The molecule has 76 valence electrons. The molecule has 0 saturated carbocycles.